The minimum atomic E-state index is -0.230. The van der Waals surface area contributed by atoms with Crippen LogP contribution in [0, 0.1) is 5.82 Å². The van der Waals surface area contributed by atoms with E-state index < -0.39 is 0 Å². The van der Waals surface area contributed by atoms with Crippen LogP contribution in [0.15, 0.2) is 71.9 Å². The molecule has 2 aliphatic rings. The van der Waals surface area contributed by atoms with Gasteiger partial charge in [0, 0.05) is 42.2 Å². The molecule has 2 aromatic carbocycles. The summed E-state index contributed by atoms with van der Waals surface area (Å²) < 4.78 is 13.9. The van der Waals surface area contributed by atoms with Crippen LogP contribution in [0.1, 0.15) is 28.9 Å². The molecule has 0 atom stereocenters. The smallest absolute Gasteiger partial charge is 0.123 e. The van der Waals surface area contributed by atoms with E-state index in [0.717, 1.165) is 77.2 Å². The summed E-state index contributed by atoms with van der Waals surface area (Å²) in [4.78, 5) is 13.2. The lowest BCUT2D eigenvalue weighted by atomic mass is 9.94. The summed E-state index contributed by atoms with van der Waals surface area (Å²) in [6.45, 7) is 2.63. The predicted molar refractivity (Wildman–Crippen MR) is 128 cm³/mol. The lowest BCUT2D eigenvalue weighted by Crippen LogP contribution is -2.21. The maximum atomic E-state index is 13.9. The number of aromatic amines is 1. The standard InChI is InChI=1S/C27H23FN4/c28-20-4-1-3-18(13-20)21-5-2-6-25-22(21)15-26(32-25)27-23-14-19(17-7-10-29-11-8-17)16-31-24(23)9-12-30-27/h1-7,13-16,29,32H,8-12H2. The number of aromatic nitrogens is 2. The van der Waals surface area contributed by atoms with Gasteiger partial charge in [-0.25, -0.2) is 4.39 Å². The zero-order chi connectivity index (χ0) is 21.5. The molecule has 0 fully saturated rings. The summed E-state index contributed by atoms with van der Waals surface area (Å²) in [5, 5.41) is 4.43. The van der Waals surface area contributed by atoms with Crippen LogP contribution in [0.3, 0.4) is 0 Å². The molecular weight excluding hydrogens is 399 g/mol. The normalized spacial score (nSPS) is 15.9. The van der Waals surface area contributed by atoms with Crippen molar-refractivity contribution in [2.75, 3.05) is 19.6 Å². The van der Waals surface area contributed by atoms with E-state index >= 15 is 0 Å². The number of fused-ring (bicyclic) bond motifs is 2. The highest BCUT2D eigenvalue weighted by atomic mass is 19.1. The molecule has 0 unspecified atom stereocenters. The van der Waals surface area contributed by atoms with Crippen LogP contribution in [-0.2, 0) is 6.42 Å². The summed E-state index contributed by atoms with van der Waals surface area (Å²) in [5.74, 6) is -0.230. The van der Waals surface area contributed by atoms with Gasteiger partial charge in [0.2, 0.25) is 0 Å². The highest BCUT2D eigenvalue weighted by Crippen LogP contribution is 2.32. The molecule has 4 nitrogen and oxygen atoms in total. The SMILES string of the molecule is Fc1cccc(-c2cccc3[nH]c(C4=NCCc5ncc(C6=CCNCC6)cc54)cc23)c1. The molecule has 4 aromatic rings. The maximum absolute atomic E-state index is 13.9. The number of rotatable bonds is 3. The van der Waals surface area contributed by atoms with Crippen molar-refractivity contribution in [3.63, 3.8) is 0 Å². The van der Waals surface area contributed by atoms with E-state index in [9.17, 15) is 4.39 Å². The van der Waals surface area contributed by atoms with Crippen LogP contribution in [0.25, 0.3) is 27.6 Å². The number of nitrogens with zero attached hydrogens (tertiary/aromatic N) is 2. The first-order chi connectivity index (χ1) is 15.8. The number of pyridine rings is 1. The largest absolute Gasteiger partial charge is 0.353 e. The van der Waals surface area contributed by atoms with E-state index in [1.54, 1.807) is 12.1 Å². The van der Waals surface area contributed by atoms with Gasteiger partial charge in [0.05, 0.1) is 17.1 Å². The Morgan fingerprint density at radius 2 is 1.84 bits per heavy atom. The molecule has 32 heavy (non-hydrogen) atoms. The summed E-state index contributed by atoms with van der Waals surface area (Å²) in [6.07, 6.45) is 6.12. The third kappa shape index (κ3) is 3.35. The molecule has 4 heterocycles. The third-order valence-corrected chi connectivity index (χ3v) is 6.33. The van der Waals surface area contributed by atoms with Gasteiger partial charge in [0.1, 0.15) is 5.82 Å². The summed E-state index contributed by atoms with van der Waals surface area (Å²) in [6, 6.07) is 17.2. The van der Waals surface area contributed by atoms with Gasteiger partial charge >= 0.3 is 0 Å². The van der Waals surface area contributed by atoms with Crippen molar-refractivity contribution in [3.8, 4) is 11.1 Å². The zero-order valence-electron chi connectivity index (χ0n) is 17.7. The monoisotopic (exact) mass is 422 g/mol. The van der Waals surface area contributed by atoms with E-state index in [0.29, 0.717) is 0 Å². The number of hydrogen-bond acceptors (Lipinski definition) is 3. The zero-order valence-corrected chi connectivity index (χ0v) is 17.7. The number of halogens is 1. The van der Waals surface area contributed by atoms with Crippen molar-refractivity contribution in [1.29, 1.82) is 0 Å². The molecule has 158 valence electrons. The molecule has 6 rings (SSSR count). The second-order valence-electron chi connectivity index (χ2n) is 8.34. The van der Waals surface area contributed by atoms with E-state index in [1.807, 2.05) is 24.4 Å². The number of aliphatic imine (C=N–C) groups is 1. The topological polar surface area (TPSA) is 53.1 Å². The van der Waals surface area contributed by atoms with Crippen molar-refractivity contribution < 1.29 is 4.39 Å². The molecule has 5 heteroatoms. The molecule has 0 spiro atoms. The Labute approximate surface area is 185 Å². The minimum Gasteiger partial charge on any atom is -0.353 e. The van der Waals surface area contributed by atoms with Crippen molar-refractivity contribution >= 4 is 22.2 Å². The molecule has 0 amide bonds. The number of hydrogen-bond donors (Lipinski definition) is 2. The minimum absolute atomic E-state index is 0.230. The van der Waals surface area contributed by atoms with E-state index in [-0.39, 0.29) is 5.82 Å². The van der Waals surface area contributed by atoms with Gasteiger partial charge in [-0.2, -0.15) is 0 Å². The van der Waals surface area contributed by atoms with Crippen LogP contribution >= 0.6 is 0 Å². The fraction of sp³-hybridized carbons (Fsp3) is 0.185. The molecule has 0 saturated heterocycles. The van der Waals surface area contributed by atoms with Gasteiger partial charge in [-0.05, 0) is 65.6 Å². The van der Waals surface area contributed by atoms with Crippen LogP contribution < -0.4 is 5.32 Å². The Morgan fingerprint density at radius 3 is 2.72 bits per heavy atom. The first-order valence-electron chi connectivity index (χ1n) is 11.1. The predicted octanol–water partition coefficient (Wildman–Crippen LogP) is 5.14. The van der Waals surface area contributed by atoms with Crippen LogP contribution in [0.2, 0.25) is 0 Å². The highest BCUT2D eigenvalue weighted by Gasteiger charge is 2.21. The summed E-state index contributed by atoms with van der Waals surface area (Å²) in [7, 11) is 0. The number of nitrogens with one attached hydrogen (secondary N) is 2. The Morgan fingerprint density at radius 1 is 0.906 bits per heavy atom. The fourth-order valence-electron chi connectivity index (χ4n) is 4.74. The lowest BCUT2D eigenvalue weighted by Gasteiger charge is -2.19. The van der Waals surface area contributed by atoms with Gasteiger partial charge < -0.3 is 10.3 Å². The Hall–Kier alpha value is -3.57. The second-order valence-corrected chi connectivity index (χ2v) is 8.34. The van der Waals surface area contributed by atoms with Crippen LogP contribution in [0.4, 0.5) is 4.39 Å². The van der Waals surface area contributed by atoms with Crippen molar-refractivity contribution in [2.24, 2.45) is 4.99 Å². The van der Waals surface area contributed by atoms with Gasteiger partial charge in [-0.1, -0.05) is 30.3 Å². The Bertz CT molecular complexity index is 1400. The molecular formula is C27H23FN4. The van der Waals surface area contributed by atoms with Gasteiger partial charge in [-0.3, -0.25) is 9.98 Å². The summed E-state index contributed by atoms with van der Waals surface area (Å²) in [5.41, 5.74) is 9.54. The third-order valence-electron chi connectivity index (χ3n) is 6.33. The molecule has 0 aliphatic carbocycles. The lowest BCUT2D eigenvalue weighted by molar-refractivity contribution is 0.628. The molecule has 0 saturated carbocycles. The van der Waals surface area contributed by atoms with Gasteiger partial charge in [0.25, 0.3) is 0 Å². The van der Waals surface area contributed by atoms with E-state index in [4.69, 9.17) is 9.98 Å². The first kappa shape index (κ1) is 19.1. The summed E-state index contributed by atoms with van der Waals surface area (Å²) >= 11 is 0. The molecule has 2 N–H and O–H groups in total. The van der Waals surface area contributed by atoms with Gasteiger partial charge in [-0.15, -0.1) is 0 Å². The van der Waals surface area contributed by atoms with Crippen molar-refractivity contribution in [3.05, 3.63) is 95.2 Å². The average molecular weight is 423 g/mol. The fourth-order valence-corrected chi connectivity index (χ4v) is 4.74. The number of benzene rings is 2. The number of H-pyrrole nitrogens is 1. The molecule has 0 bridgehead atoms. The van der Waals surface area contributed by atoms with E-state index in [2.05, 4.69) is 34.6 Å². The van der Waals surface area contributed by atoms with Crippen LogP contribution in [0.5, 0.6) is 0 Å². The first-order valence-corrected chi connectivity index (χ1v) is 11.1. The molecule has 2 aromatic heterocycles. The van der Waals surface area contributed by atoms with E-state index in [1.165, 1.54) is 17.2 Å². The van der Waals surface area contributed by atoms with Gasteiger partial charge in [0.15, 0.2) is 0 Å². The Balaban J connectivity index is 1.46. The van der Waals surface area contributed by atoms with Crippen molar-refractivity contribution in [1.82, 2.24) is 15.3 Å². The van der Waals surface area contributed by atoms with Crippen LogP contribution in [-0.4, -0.2) is 35.3 Å². The van der Waals surface area contributed by atoms with Crippen molar-refractivity contribution in [2.45, 2.75) is 12.8 Å². The maximum Gasteiger partial charge on any atom is 0.123 e. The molecule has 2 aliphatic heterocycles. The Kier molecular flexibility index (Phi) is 4.69. The molecule has 0 radical (unpaired) electrons. The second kappa shape index (κ2) is 7.84. The average Bonchev–Trinajstić information content (AvgIpc) is 3.28. The highest BCUT2D eigenvalue weighted by molar-refractivity contribution is 6.16. The quantitative estimate of drug-likeness (QED) is 0.480.